The van der Waals surface area contributed by atoms with Crippen LogP contribution in [-0.2, 0) is 14.3 Å². The van der Waals surface area contributed by atoms with Crippen molar-refractivity contribution < 1.29 is 24.5 Å². The number of amides is 1. The molecule has 0 aliphatic carbocycles. The normalized spacial score (nSPS) is 12.8. The molecule has 2 unspecified atom stereocenters. The van der Waals surface area contributed by atoms with Gasteiger partial charge in [0.2, 0.25) is 5.91 Å². The summed E-state index contributed by atoms with van der Waals surface area (Å²) in [5.74, 6) is -0.0935. The van der Waals surface area contributed by atoms with Crippen molar-refractivity contribution in [2.24, 2.45) is 0 Å². The third-order valence-electron chi connectivity index (χ3n) is 11.7. The minimum atomic E-state index is -0.852. The smallest absolute Gasteiger partial charge is 0.305 e. The lowest BCUT2D eigenvalue weighted by Crippen LogP contribution is -2.45. The average molecular weight is 818 g/mol. The molecule has 0 aromatic rings. The molecule has 0 saturated heterocycles. The van der Waals surface area contributed by atoms with Crippen LogP contribution in [0.15, 0.2) is 24.3 Å². The molecule has 342 valence electrons. The van der Waals surface area contributed by atoms with Crippen LogP contribution in [-0.4, -0.2) is 47.4 Å². The van der Waals surface area contributed by atoms with Crippen molar-refractivity contribution in [1.29, 1.82) is 0 Å². The number of hydrogen-bond donors (Lipinski definition) is 3. The summed E-state index contributed by atoms with van der Waals surface area (Å²) in [5.41, 5.74) is 0. The maximum atomic E-state index is 12.4. The fraction of sp³-hybridized carbons (Fsp3) is 0.885. The van der Waals surface area contributed by atoms with E-state index in [9.17, 15) is 19.8 Å². The summed E-state index contributed by atoms with van der Waals surface area (Å²) in [6.45, 7) is 4.85. The molecule has 0 heterocycles. The van der Waals surface area contributed by atoms with Crippen molar-refractivity contribution in [2.45, 2.75) is 283 Å². The van der Waals surface area contributed by atoms with E-state index in [2.05, 4.69) is 31.3 Å². The first-order chi connectivity index (χ1) is 28.5. The van der Waals surface area contributed by atoms with E-state index in [1.807, 2.05) is 6.08 Å². The number of ether oxygens (including phenoxy) is 1. The third kappa shape index (κ3) is 43.9. The summed E-state index contributed by atoms with van der Waals surface area (Å²) < 4.78 is 5.46. The number of aliphatic hydroxyl groups is 2. The minimum absolute atomic E-state index is 0.00888. The van der Waals surface area contributed by atoms with Gasteiger partial charge in [0, 0.05) is 12.8 Å². The summed E-state index contributed by atoms with van der Waals surface area (Å²) in [7, 11) is 0. The highest BCUT2D eigenvalue weighted by atomic mass is 16.5. The van der Waals surface area contributed by atoms with Gasteiger partial charge in [0.1, 0.15) is 0 Å². The Balaban J connectivity index is 3.48. The van der Waals surface area contributed by atoms with Crippen molar-refractivity contribution in [2.75, 3.05) is 13.2 Å². The summed E-state index contributed by atoms with van der Waals surface area (Å²) in [5, 5.41) is 22.9. The van der Waals surface area contributed by atoms with Crippen LogP contribution in [0.2, 0.25) is 0 Å². The Morgan fingerprint density at radius 1 is 0.466 bits per heavy atom. The molecule has 0 saturated carbocycles. The first-order valence-electron chi connectivity index (χ1n) is 25.6. The summed E-state index contributed by atoms with van der Waals surface area (Å²) in [4.78, 5) is 24.4. The van der Waals surface area contributed by atoms with Crippen LogP contribution in [0.1, 0.15) is 271 Å². The zero-order chi connectivity index (χ0) is 42.3. The van der Waals surface area contributed by atoms with Crippen LogP contribution in [0.4, 0.5) is 0 Å². The molecule has 0 aromatic heterocycles. The number of unbranched alkanes of at least 4 members (excludes halogenated alkanes) is 34. The van der Waals surface area contributed by atoms with Gasteiger partial charge in [-0.05, 0) is 57.8 Å². The Morgan fingerprint density at radius 2 is 0.810 bits per heavy atom. The van der Waals surface area contributed by atoms with E-state index in [1.165, 1.54) is 173 Å². The second kappa shape index (κ2) is 48.0. The molecule has 0 fully saturated rings. The van der Waals surface area contributed by atoms with Crippen LogP contribution in [0.5, 0.6) is 0 Å². The van der Waals surface area contributed by atoms with Crippen molar-refractivity contribution in [1.82, 2.24) is 5.32 Å². The van der Waals surface area contributed by atoms with E-state index in [-0.39, 0.29) is 18.5 Å². The van der Waals surface area contributed by atoms with Gasteiger partial charge < -0.3 is 20.3 Å². The molecular formula is C52H99NO5. The lowest BCUT2D eigenvalue weighted by atomic mass is 10.0. The van der Waals surface area contributed by atoms with Gasteiger partial charge >= 0.3 is 5.97 Å². The third-order valence-corrected chi connectivity index (χ3v) is 11.7. The molecule has 0 aliphatic heterocycles. The largest absolute Gasteiger partial charge is 0.466 e. The molecule has 0 aromatic carbocycles. The van der Waals surface area contributed by atoms with Crippen LogP contribution < -0.4 is 5.32 Å². The van der Waals surface area contributed by atoms with Crippen molar-refractivity contribution in [3.8, 4) is 0 Å². The maximum Gasteiger partial charge on any atom is 0.305 e. The van der Waals surface area contributed by atoms with Crippen molar-refractivity contribution >= 4 is 11.9 Å². The molecule has 58 heavy (non-hydrogen) atoms. The lowest BCUT2D eigenvalue weighted by Gasteiger charge is -2.20. The first-order valence-corrected chi connectivity index (χ1v) is 25.6. The van der Waals surface area contributed by atoms with E-state index < -0.39 is 12.1 Å². The summed E-state index contributed by atoms with van der Waals surface area (Å²) in [6.07, 6.45) is 56.1. The highest BCUT2D eigenvalue weighted by Crippen LogP contribution is 2.15. The number of rotatable bonds is 47. The number of allylic oxidation sites excluding steroid dienone is 3. The van der Waals surface area contributed by atoms with Gasteiger partial charge in [0.05, 0.1) is 25.4 Å². The highest BCUT2D eigenvalue weighted by Gasteiger charge is 2.18. The van der Waals surface area contributed by atoms with E-state index in [1.54, 1.807) is 6.08 Å². The van der Waals surface area contributed by atoms with Gasteiger partial charge in [0.15, 0.2) is 0 Å². The fourth-order valence-electron chi connectivity index (χ4n) is 7.74. The molecule has 0 aliphatic rings. The van der Waals surface area contributed by atoms with Gasteiger partial charge in [0.25, 0.3) is 0 Å². The van der Waals surface area contributed by atoms with Crippen LogP contribution in [0.3, 0.4) is 0 Å². The Hall–Kier alpha value is -1.66. The summed E-state index contributed by atoms with van der Waals surface area (Å²) in [6, 6.07) is -0.637. The average Bonchev–Trinajstić information content (AvgIpc) is 3.22. The zero-order valence-electron chi connectivity index (χ0n) is 38.8. The Kier molecular flexibility index (Phi) is 46.6. The molecule has 6 nitrogen and oxygen atoms in total. The highest BCUT2D eigenvalue weighted by molar-refractivity contribution is 5.76. The van der Waals surface area contributed by atoms with Gasteiger partial charge in [-0.15, -0.1) is 0 Å². The number of aliphatic hydroxyl groups excluding tert-OH is 2. The zero-order valence-corrected chi connectivity index (χ0v) is 38.8. The van der Waals surface area contributed by atoms with Gasteiger partial charge in [-0.2, -0.15) is 0 Å². The van der Waals surface area contributed by atoms with Crippen LogP contribution in [0.25, 0.3) is 0 Å². The second-order valence-electron chi connectivity index (χ2n) is 17.5. The predicted octanol–water partition coefficient (Wildman–Crippen LogP) is 15.1. The van der Waals surface area contributed by atoms with E-state index in [0.717, 1.165) is 70.6 Å². The monoisotopic (exact) mass is 818 g/mol. The van der Waals surface area contributed by atoms with Gasteiger partial charge in [-0.25, -0.2) is 0 Å². The summed E-state index contributed by atoms with van der Waals surface area (Å²) >= 11 is 0. The SMILES string of the molecule is CCCCCCCCCCC/C=C/C(O)C(CO)NC(=O)CCCCCCCCC/C=C\CCCCCCOC(=O)CCCCCCCCCCCCCCCCC. The Morgan fingerprint density at radius 3 is 1.22 bits per heavy atom. The molecule has 0 bridgehead atoms. The number of nitrogens with one attached hydrogen (secondary N) is 1. The van der Waals surface area contributed by atoms with Gasteiger partial charge in [-0.3, -0.25) is 9.59 Å². The Labute approximate surface area is 361 Å². The standard InChI is InChI=1S/C52H99NO5/c1-3-5-7-9-11-13-15-16-18-22-26-30-34-38-42-46-52(57)58-47-43-39-35-31-27-23-20-17-19-21-25-29-33-37-41-45-51(56)53-49(48-54)50(55)44-40-36-32-28-24-14-12-10-8-6-4-2/h20,23,40,44,49-50,54-55H,3-19,21-22,24-39,41-43,45-48H2,1-2H3,(H,53,56)/b23-20-,44-40+. The van der Waals surface area contributed by atoms with Crippen molar-refractivity contribution in [3.63, 3.8) is 0 Å². The van der Waals surface area contributed by atoms with Crippen LogP contribution >= 0.6 is 0 Å². The van der Waals surface area contributed by atoms with E-state index >= 15 is 0 Å². The number of carbonyl (C=O) groups excluding carboxylic acids is 2. The van der Waals surface area contributed by atoms with Crippen LogP contribution in [0, 0.1) is 0 Å². The number of esters is 1. The molecule has 3 N–H and O–H groups in total. The first kappa shape index (κ1) is 56.3. The fourth-order valence-corrected chi connectivity index (χ4v) is 7.74. The topological polar surface area (TPSA) is 95.9 Å². The molecule has 0 rings (SSSR count). The second-order valence-corrected chi connectivity index (χ2v) is 17.5. The molecule has 6 heteroatoms. The molecule has 2 atom stereocenters. The van der Waals surface area contributed by atoms with Gasteiger partial charge in [-0.1, -0.05) is 224 Å². The van der Waals surface area contributed by atoms with Crippen molar-refractivity contribution in [3.05, 3.63) is 24.3 Å². The van der Waals surface area contributed by atoms with E-state index in [0.29, 0.717) is 19.4 Å². The predicted molar refractivity (Wildman–Crippen MR) is 250 cm³/mol. The maximum absolute atomic E-state index is 12.4. The van der Waals surface area contributed by atoms with E-state index in [4.69, 9.17) is 4.74 Å². The number of hydrogen-bond acceptors (Lipinski definition) is 5. The molecule has 1 amide bonds. The molecule has 0 spiro atoms. The number of carbonyl (C=O) groups is 2. The Bertz CT molecular complexity index is 904. The molecule has 0 radical (unpaired) electrons. The lowest BCUT2D eigenvalue weighted by molar-refractivity contribution is -0.143. The quantitative estimate of drug-likeness (QED) is 0.0323. The minimum Gasteiger partial charge on any atom is -0.466 e. The molecular weight excluding hydrogens is 719 g/mol.